The van der Waals surface area contributed by atoms with E-state index in [1.807, 2.05) is 6.07 Å². The Hall–Kier alpha value is -3.29. The van der Waals surface area contributed by atoms with Gasteiger partial charge in [0.2, 0.25) is 0 Å². The fourth-order valence-electron chi connectivity index (χ4n) is 2.40. The average molecular weight is 362 g/mol. The van der Waals surface area contributed by atoms with Gasteiger partial charge in [-0.05, 0) is 23.8 Å². The molecular formula is C18H13F3N2O3. The Balaban J connectivity index is 1.90. The van der Waals surface area contributed by atoms with E-state index in [1.165, 1.54) is 23.0 Å². The third kappa shape index (κ3) is 3.85. The Kier molecular flexibility index (Phi) is 4.66. The molecule has 1 N–H and O–H groups in total. The van der Waals surface area contributed by atoms with Crippen LogP contribution in [0.4, 0.5) is 13.2 Å². The van der Waals surface area contributed by atoms with Crippen LogP contribution in [0.25, 0.3) is 0 Å². The molecule has 0 spiro atoms. The van der Waals surface area contributed by atoms with E-state index >= 15 is 0 Å². The van der Waals surface area contributed by atoms with E-state index < -0.39 is 17.7 Å². The molecule has 8 heteroatoms. The standard InChI is InChI=1S/C18H13F3N2O3/c19-18(20,21)13-7-4-8-14(9-13)26-15-10-22-23(16(15)17(24)25)11-12-5-2-1-3-6-12/h1-10H,11H2,(H,24,25). The average Bonchev–Trinajstić information content (AvgIpc) is 2.97. The highest BCUT2D eigenvalue weighted by Gasteiger charge is 2.31. The number of alkyl halides is 3. The zero-order valence-corrected chi connectivity index (χ0v) is 13.3. The Morgan fingerprint density at radius 1 is 1.12 bits per heavy atom. The molecule has 26 heavy (non-hydrogen) atoms. The van der Waals surface area contributed by atoms with Crippen LogP contribution < -0.4 is 4.74 Å². The number of aromatic carboxylic acids is 1. The molecular weight excluding hydrogens is 349 g/mol. The number of halogens is 3. The van der Waals surface area contributed by atoms with Gasteiger partial charge in [-0.15, -0.1) is 0 Å². The molecule has 1 heterocycles. The first-order valence-corrected chi connectivity index (χ1v) is 7.53. The Labute approximate surface area is 146 Å². The molecule has 3 rings (SSSR count). The van der Waals surface area contributed by atoms with E-state index in [1.54, 1.807) is 24.3 Å². The molecule has 1 aromatic heterocycles. The summed E-state index contributed by atoms with van der Waals surface area (Å²) in [6.07, 6.45) is -3.35. The van der Waals surface area contributed by atoms with Crippen molar-refractivity contribution in [1.29, 1.82) is 0 Å². The smallest absolute Gasteiger partial charge is 0.416 e. The van der Waals surface area contributed by atoms with Crippen molar-refractivity contribution in [1.82, 2.24) is 9.78 Å². The monoisotopic (exact) mass is 362 g/mol. The Morgan fingerprint density at radius 2 is 1.85 bits per heavy atom. The number of hydrogen-bond acceptors (Lipinski definition) is 3. The van der Waals surface area contributed by atoms with Gasteiger partial charge in [-0.2, -0.15) is 18.3 Å². The minimum Gasteiger partial charge on any atom is -0.476 e. The van der Waals surface area contributed by atoms with E-state index in [-0.39, 0.29) is 23.7 Å². The summed E-state index contributed by atoms with van der Waals surface area (Å²) in [6, 6.07) is 13.3. The quantitative estimate of drug-likeness (QED) is 0.729. The molecule has 0 bridgehead atoms. The lowest BCUT2D eigenvalue weighted by Gasteiger charge is -2.10. The zero-order chi connectivity index (χ0) is 18.7. The number of rotatable bonds is 5. The molecule has 0 amide bonds. The Bertz CT molecular complexity index is 921. The summed E-state index contributed by atoms with van der Waals surface area (Å²) in [7, 11) is 0. The molecule has 0 saturated heterocycles. The maximum Gasteiger partial charge on any atom is 0.416 e. The second-order valence-electron chi connectivity index (χ2n) is 5.43. The molecule has 5 nitrogen and oxygen atoms in total. The van der Waals surface area contributed by atoms with Crippen molar-refractivity contribution >= 4 is 5.97 Å². The molecule has 134 valence electrons. The molecule has 0 aliphatic heterocycles. The normalized spacial score (nSPS) is 11.3. The maximum atomic E-state index is 12.8. The molecule has 0 fully saturated rings. The number of carbonyl (C=O) groups is 1. The number of carboxylic acids is 1. The lowest BCUT2D eigenvalue weighted by molar-refractivity contribution is -0.137. The van der Waals surface area contributed by atoms with Crippen LogP contribution in [0.3, 0.4) is 0 Å². The van der Waals surface area contributed by atoms with Gasteiger partial charge in [0.1, 0.15) is 5.75 Å². The van der Waals surface area contributed by atoms with E-state index in [2.05, 4.69) is 5.10 Å². The summed E-state index contributed by atoms with van der Waals surface area (Å²) in [5.41, 5.74) is -0.307. The number of hydrogen-bond donors (Lipinski definition) is 1. The second kappa shape index (κ2) is 6.91. The van der Waals surface area contributed by atoms with Gasteiger partial charge in [0.15, 0.2) is 11.4 Å². The lowest BCUT2D eigenvalue weighted by Crippen LogP contribution is -2.11. The summed E-state index contributed by atoms with van der Waals surface area (Å²) in [4.78, 5) is 11.6. The van der Waals surface area contributed by atoms with Gasteiger partial charge < -0.3 is 9.84 Å². The van der Waals surface area contributed by atoms with E-state index in [4.69, 9.17) is 4.74 Å². The minimum atomic E-state index is -4.52. The number of ether oxygens (including phenoxy) is 1. The SMILES string of the molecule is O=C(O)c1c(Oc2cccc(C(F)(F)F)c2)cnn1Cc1ccccc1. The second-order valence-corrected chi connectivity index (χ2v) is 5.43. The first-order valence-electron chi connectivity index (χ1n) is 7.53. The molecule has 0 saturated carbocycles. The highest BCUT2D eigenvalue weighted by molar-refractivity contribution is 5.89. The minimum absolute atomic E-state index is 0.124. The van der Waals surface area contributed by atoms with Crippen molar-refractivity contribution in [2.24, 2.45) is 0 Å². The number of aromatic nitrogens is 2. The summed E-state index contributed by atoms with van der Waals surface area (Å²) < 4.78 is 45.0. The van der Waals surface area contributed by atoms with Crippen LogP contribution in [0, 0.1) is 0 Å². The van der Waals surface area contributed by atoms with Crippen molar-refractivity contribution in [2.45, 2.75) is 12.7 Å². The van der Waals surface area contributed by atoms with E-state index in [0.29, 0.717) is 0 Å². The Morgan fingerprint density at radius 3 is 2.50 bits per heavy atom. The van der Waals surface area contributed by atoms with Gasteiger partial charge in [-0.25, -0.2) is 4.79 Å². The highest BCUT2D eigenvalue weighted by Crippen LogP contribution is 2.33. The topological polar surface area (TPSA) is 64.3 Å². The van der Waals surface area contributed by atoms with Crippen molar-refractivity contribution in [3.63, 3.8) is 0 Å². The highest BCUT2D eigenvalue weighted by atomic mass is 19.4. The number of nitrogens with zero attached hydrogens (tertiary/aromatic N) is 2. The summed E-state index contributed by atoms with van der Waals surface area (Å²) in [5.74, 6) is -1.55. The molecule has 3 aromatic rings. The van der Waals surface area contributed by atoms with Crippen LogP contribution >= 0.6 is 0 Å². The van der Waals surface area contributed by atoms with Crippen molar-refractivity contribution in [3.8, 4) is 11.5 Å². The first kappa shape index (κ1) is 17.5. The van der Waals surface area contributed by atoms with Crippen LogP contribution in [0.2, 0.25) is 0 Å². The number of benzene rings is 2. The largest absolute Gasteiger partial charge is 0.476 e. The van der Waals surface area contributed by atoms with Crippen LogP contribution in [-0.4, -0.2) is 20.9 Å². The third-order valence-corrected chi connectivity index (χ3v) is 3.57. The van der Waals surface area contributed by atoms with Gasteiger partial charge in [0, 0.05) is 0 Å². The summed E-state index contributed by atoms with van der Waals surface area (Å²) >= 11 is 0. The summed E-state index contributed by atoms with van der Waals surface area (Å²) in [5, 5.41) is 13.4. The maximum absolute atomic E-state index is 12.8. The van der Waals surface area contributed by atoms with Crippen molar-refractivity contribution in [2.75, 3.05) is 0 Å². The molecule has 2 aromatic carbocycles. The van der Waals surface area contributed by atoms with Gasteiger partial charge in [0.25, 0.3) is 0 Å². The third-order valence-electron chi connectivity index (χ3n) is 3.57. The van der Waals surface area contributed by atoms with E-state index in [9.17, 15) is 23.1 Å². The van der Waals surface area contributed by atoms with Gasteiger partial charge in [-0.3, -0.25) is 4.68 Å². The predicted molar refractivity (Wildman–Crippen MR) is 86.2 cm³/mol. The van der Waals surface area contributed by atoms with E-state index in [0.717, 1.165) is 17.7 Å². The molecule has 0 atom stereocenters. The molecule has 0 radical (unpaired) electrons. The summed E-state index contributed by atoms with van der Waals surface area (Å²) in [6.45, 7) is 0.189. The zero-order valence-electron chi connectivity index (χ0n) is 13.3. The van der Waals surface area contributed by atoms with Gasteiger partial charge >= 0.3 is 12.1 Å². The first-order chi connectivity index (χ1) is 12.3. The van der Waals surface area contributed by atoms with Crippen molar-refractivity contribution in [3.05, 3.63) is 77.6 Å². The fraction of sp³-hybridized carbons (Fsp3) is 0.111. The van der Waals surface area contributed by atoms with Gasteiger partial charge in [0.05, 0.1) is 18.3 Å². The van der Waals surface area contributed by atoms with Crippen molar-refractivity contribution < 1.29 is 27.8 Å². The molecule has 0 unspecified atom stereocenters. The molecule has 0 aliphatic carbocycles. The molecule has 0 aliphatic rings. The lowest BCUT2D eigenvalue weighted by atomic mass is 10.2. The van der Waals surface area contributed by atoms with Crippen LogP contribution in [-0.2, 0) is 12.7 Å². The predicted octanol–water partition coefficient (Wildman–Crippen LogP) is 4.44. The van der Waals surface area contributed by atoms with Crippen LogP contribution in [0.5, 0.6) is 11.5 Å². The van der Waals surface area contributed by atoms with Crippen LogP contribution in [0.15, 0.2) is 60.8 Å². The fourth-order valence-corrected chi connectivity index (χ4v) is 2.40. The van der Waals surface area contributed by atoms with Crippen LogP contribution in [0.1, 0.15) is 21.6 Å². The number of carboxylic acid groups (broad SMARTS) is 1. The van der Waals surface area contributed by atoms with Gasteiger partial charge in [-0.1, -0.05) is 36.4 Å².